The maximum atomic E-state index is 11.6. The summed E-state index contributed by atoms with van der Waals surface area (Å²) in [6, 6.07) is 0.193. The third kappa shape index (κ3) is 6.00. The summed E-state index contributed by atoms with van der Waals surface area (Å²) in [5.74, 6) is -0.980. The van der Waals surface area contributed by atoms with Gasteiger partial charge in [-0.2, -0.15) is 0 Å². The molecule has 1 aliphatic rings. The number of carbonyl (C=O) groups excluding carboxylic acids is 2. The van der Waals surface area contributed by atoms with E-state index in [2.05, 4.69) is 10.6 Å². The molecule has 0 aliphatic heterocycles. The number of rotatable bonds is 5. The average Bonchev–Trinajstić information content (AvgIpc) is 2.35. The van der Waals surface area contributed by atoms with E-state index < -0.39 is 11.8 Å². The van der Waals surface area contributed by atoms with E-state index in [0.717, 1.165) is 38.6 Å². The molecule has 1 saturated carbocycles. The molecule has 1 rings (SSSR count). The lowest BCUT2D eigenvalue weighted by Gasteiger charge is -2.22. The SMILES string of the molecule is CN(C)CCCNC(=O)C(=O)NC1CCCCC1. The molecule has 0 atom stereocenters. The van der Waals surface area contributed by atoms with Crippen LogP contribution in [0.1, 0.15) is 38.5 Å². The summed E-state index contributed by atoms with van der Waals surface area (Å²) in [6.45, 7) is 1.46. The Hall–Kier alpha value is -1.10. The van der Waals surface area contributed by atoms with Crippen molar-refractivity contribution in [3.63, 3.8) is 0 Å². The predicted molar refractivity (Wildman–Crippen MR) is 71.2 cm³/mol. The fourth-order valence-corrected chi connectivity index (χ4v) is 2.18. The van der Waals surface area contributed by atoms with Gasteiger partial charge in [-0.1, -0.05) is 19.3 Å². The van der Waals surface area contributed by atoms with Crippen LogP contribution in [0.15, 0.2) is 0 Å². The van der Waals surface area contributed by atoms with Crippen LogP contribution < -0.4 is 10.6 Å². The Balaban J connectivity index is 2.14. The lowest BCUT2D eigenvalue weighted by molar-refractivity contribution is -0.139. The Morgan fingerprint density at radius 1 is 1.11 bits per heavy atom. The molecule has 5 heteroatoms. The molecule has 0 bridgehead atoms. The molecule has 0 unspecified atom stereocenters. The summed E-state index contributed by atoms with van der Waals surface area (Å²) in [5, 5.41) is 5.46. The molecular weight excluding hydrogens is 230 g/mol. The highest BCUT2D eigenvalue weighted by atomic mass is 16.2. The van der Waals surface area contributed by atoms with Crippen LogP contribution in [-0.2, 0) is 9.59 Å². The first kappa shape index (κ1) is 15.0. The van der Waals surface area contributed by atoms with Crippen LogP contribution in [0.3, 0.4) is 0 Å². The van der Waals surface area contributed by atoms with Gasteiger partial charge in [-0.05, 0) is 39.9 Å². The molecule has 0 aromatic rings. The van der Waals surface area contributed by atoms with E-state index in [9.17, 15) is 9.59 Å². The van der Waals surface area contributed by atoms with Crippen LogP contribution in [0.25, 0.3) is 0 Å². The summed E-state index contributed by atoms with van der Waals surface area (Å²) in [5.41, 5.74) is 0. The largest absolute Gasteiger partial charge is 0.348 e. The van der Waals surface area contributed by atoms with Gasteiger partial charge in [-0.25, -0.2) is 0 Å². The number of nitrogens with zero attached hydrogens (tertiary/aromatic N) is 1. The van der Waals surface area contributed by atoms with E-state index in [4.69, 9.17) is 0 Å². The van der Waals surface area contributed by atoms with Crippen molar-refractivity contribution < 1.29 is 9.59 Å². The molecular formula is C13H25N3O2. The lowest BCUT2D eigenvalue weighted by atomic mass is 9.95. The minimum absolute atomic E-state index is 0.193. The zero-order chi connectivity index (χ0) is 13.4. The molecule has 0 saturated heterocycles. The first-order chi connectivity index (χ1) is 8.59. The number of carbonyl (C=O) groups is 2. The highest BCUT2D eigenvalue weighted by Crippen LogP contribution is 2.17. The van der Waals surface area contributed by atoms with Crippen LogP contribution in [0.5, 0.6) is 0 Å². The Morgan fingerprint density at radius 3 is 2.39 bits per heavy atom. The topological polar surface area (TPSA) is 61.4 Å². The van der Waals surface area contributed by atoms with Crippen molar-refractivity contribution in [2.24, 2.45) is 0 Å². The van der Waals surface area contributed by atoms with Gasteiger partial charge in [0.25, 0.3) is 0 Å². The molecule has 0 aromatic heterocycles. The third-order valence-corrected chi connectivity index (χ3v) is 3.21. The summed E-state index contributed by atoms with van der Waals surface area (Å²) in [4.78, 5) is 25.2. The van der Waals surface area contributed by atoms with Crippen molar-refractivity contribution >= 4 is 11.8 Å². The number of hydrogen-bond acceptors (Lipinski definition) is 3. The van der Waals surface area contributed by atoms with Gasteiger partial charge in [0.15, 0.2) is 0 Å². The number of hydrogen-bond donors (Lipinski definition) is 2. The fourth-order valence-electron chi connectivity index (χ4n) is 2.18. The maximum Gasteiger partial charge on any atom is 0.309 e. The molecule has 18 heavy (non-hydrogen) atoms. The van der Waals surface area contributed by atoms with Gasteiger partial charge >= 0.3 is 11.8 Å². The maximum absolute atomic E-state index is 11.6. The van der Waals surface area contributed by atoms with Crippen molar-refractivity contribution in [1.82, 2.24) is 15.5 Å². The average molecular weight is 255 g/mol. The normalized spacial score (nSPS) is 16.6. The molecule has 0 aromatic carbocycles. The molecule has 0 heterocycles. The standard InChI is InChI=1S/C13H25N3O2/c1-16(2)10-6-9-14-12(17)13(18)15-11-7-4-3-5-8-11/h11H,3-10H2,1-2H3,(H,14,17)(H,15,18). The van der Waals surface area contributed by atoms with Crippen LogP contribution in [0, 0.1) is 0 Å². The fraction of sp³-hybridized carbons (Fsp3) is 0.846. The molecule has 1 aliphatic carbocycles. The highest BCUT2D eigenvalue weighted by molar-refractivity contribution is 6.35. The Labute approximate surface area is 109 Å². The molecule has 0 spiro atoms. The third-order valence-electron chi connectivity index (χ3n) is 3.21. The van der Waals surface area contributed by atoms with Crippen molar-refractivity contribution in [2.45, 2.75) is 44.6 Å². The molecule has 0 radical (unpaired) electrons. The highest BCUT2D eigenvalue weighted by Gasteiger charge is 2.19. The van der Waals surface area contributed by atoms with Gasteiger partial charge in [0.1, 0.15) is 0 Å². The Bertz CT molecular complexity index is 273. The molecule has 104 valence electrons. The van der Waals surface area contributed by atoms with E-state index in [-0.39, 0.29) is 6.04 Å². The van der Waals surface area contributed by atoms with Gasteiger partial charge in [-0.15, -0.1) is 0 Å². The zero-order valence-corrected chi connectivity index (χ0v) is 11.5. The minimum atomic E-state index is -0.501. The van der Waals surface area contributed by atoms with Crippen LogP contribution in [0.4, 0.5) is 0 Å². The van der Waals surface area contributed by atoms with Crippen LogP contribution in [0.2, 0.25) is 0 Å². The minimum Gasteiger partial charge on any atom is -0.348 e. The molecule has 2 amide bonds. The van der Waals surface area contributed by atoms with Crippen molar-refractivity contribution in [2.75, 3.05) is 27.2 Å². The summed E-state index contributed by atoms with van der Waals surface area (Å²) in [7, 11) is 3.97. The summed E-state index contributed by atoms with van der Waals surface area (Å²) >= 11 is 0. The monoisotopic (exact) mass is 255 g/mol. The lowest BCUT2D eigenvalue weighted by Crippen LogP contribution is -2.45. The van der Waals surface area contributed by atoms with E-state index in [1.165, 1.54) is 6.42 Å². The van der Waals surface area contributed by atoms with Gasteiger partial charge in [0.05, 0.1) is 0 Å². The second-order valence-electron chi connectivity index (χ2n) is 5.22. The van der Waals surface area contributed by atoms with Crippen LogP contribution in [-0.4, -0.2) is 49.9 Å². The molecule has 2 N–H and O–H groups in total. The zero-order valence-electron chi connectivity index (χ0n) is 11.5. The van der Waals surface area contributed by atoms with Gasteiger partial charge in [0, 0.05) is 12.6 Å². The Kier molecular flexibility index (Phi) is 6.72. The van der Waals surface area contributed by atoms with Crippen molar-refractivity contribution in [3.05, 3.63) is 0 Å². The van der Waals surface area contributed by atoms with Gasteiger partial charge < -0.3 is 15.5 Å². The first-order valence-corrected chi connectivity index (χ1v) is 6.83. The molecule has 5 nitrogen and oxygen atoms in total. The van der Waals surface area contributed by atoms with Gasteiger partial charge in [0.2, 0.25) is 0 Å². The predicted octanol–water partition coefficient (Wildman–Crippen LogP) is 0.503. The summed E-state index contributed by atoms with van der Waals surface area (Å²) in [6.07, 6.45) is 6.39. The number of amides is 2. The smallest absolute Gasteiger partial charge is 0.309 e. The van der Waals surface area contributed by atoms with E-state index in [0.29, 0.717) is 6.54 Å². The summed E-state index contributed by atoms with van der Waals surface area (Å²) < 4.78 is 0. The second-order valence-corrected chi connectivity index (χ2v) is 5.22. The van der Waals surface area contributed by atoms with E-state index in [1.807, 2.05) is 19.0 Å². The van der Waals surface area contributed by atoms with E-state index >= 15 is 0 Å². The molecule has 1 fully saturated rings. The first-order valence-electron chi connectivity index (χ1n) is 6.83. The van der Waals surface area contributed by atoms with Gasteiger partial charge in [-0.3, -0.25) is 9.59 Å². The number of nitrogens with one attached hydrogen (secondary N) is 2. The Morgan fingerprint density at radius 2 is 1.78 bits per heavy atom. The van der Waals surface area contributed by atoms with Crippen molar-refractivity contribution in [1.29, 1.82) is 0 Å². The van der Waals surface area contributed by atoms with Crippen molar-refractivity contribution in [3.8, 4) is 0 Å². The van der Waals surface area contributed by atoms with E-state index in [1.54, 1.807) is 0 Å². The second kappa shape index (κ2) is 8.08. The quantitative estimate of drug-likeness (QED) is 0.555. The van der Waals surface area contributed by atoms with Crippen LogP contribution >= 0.6 is 0 Å².